The summed E-state index contributed by atoms with van der Waals surface area (Å²) in [7, 11) is 0. The number of nitrogens with zero attached hydrogens (tertiary/aromatic N) is 2. The number of nitrogens with one attached hydrogen (secondary N) is 1. The SMILES string of the molecule is [C-]#[N+]/C(=C\c1ccc2c(c1)[nH]c1cc3c(cc12)Cc1cc(/C=C(\C#N)c2ccc(C)cc2)ccc1-3)c1ccc(C(F)(F)F)cc1. The van der Waals surface area contributed by atoms with Gasteiger partial charge in [0.05, 0.1) is 23.8 Å². The maximum atomic E-state index is 13.0. The van der Waals surface area contributed by atoms with Crippen molar-refractivity contribution in [3.05, 3.63) is 153 Å². The van der Waals surface area contributed by atoms with E-state index in [9.17, 15) is 18.4 Å². The molecule has 45 heavy (non-hydrogen) atoms. The zero-order valence-electron chi connectivity index (χ0n) is 24.1. The van der Waals surface area contributed by atoms with Crippen LogP contribution in [0.1, 0.15) is 44.5 Å². The highest BCUT2D eigenvalue weighted by atomic mass is 19.4. The molecule has 1 heterocycles. The summed E-state index contributed by atoms with van der Waals surface area (Å²) in [5.41, 5.74) is 11.1. The first-order valence-corrected chi connectivity index (χ1v) is 14.4. The van der Waals surface area contributed by atoms with Gasteiger partial charge in [0.1, 0.15) is 0 Å². The molecule has 6 aromatic rings. The van der Waals surface area contributed by atoms with E-state index < -0.39 is 11.7 Å². The summed E-state index contributed by atoms with van der Waals surface area (Å²) in [4.78, 5) is 7.10. The Morgan fingerprint density at radius 3 is 2.16 bits per heavy atom. The van der Waals surface area contributed by atoms with Crippen LogP contribution in [0.15, 0.2) is 97.1 Å². The van der Waals surface area contributed by atoms with Gasteiger partial charge >= 0.3 is 6.18 Å². The standard InChI is InChI=1S/C39H24F3N3/c1-23-3-7-26(8-4-23)30(22-43)16-24-5-13-32-28(15-24)19-29-20-35-33-14-6-25(18-37(33)45-38(35)21-34(29)32)17-36(44-2)27-9-11-31(12-10-27)39(40,41)42/h3-18,20-21,45H,19H2,1H3/b30-16+,36-17-. The quantitative estimate of drug-likeness (QED) is 0.124. The van der Waals surface area contributed by atoms with Gasteiger partial charge < -0.3 is 4.98 Å². The van der Waals surface area contributed by atoms with Gasteiger partial charge in [0, 0.05) is 21.8 Å². The molecule has 0 bridgehead atoms. The maximum absolute atomic E-state index is 13.0. The fraction of sp³-hybridized carbons (Fsp3) is 0.0769. The fourth-order valence-corrected chi connectivity index (χ4v) is 6.07. The lowest BCUT2D eigenvalue weighted by atomic mass is 9.99. The van der Waals surface area contributed by atoms with Gasteiger partial charge in [-0.2, -0.15) is 18.4 Å². The van der Waals surface area contributed by atoms with Gasteiger partial charge in [-0.3, -0.25) is 0 Å². The molecule has 7 rings (SSSR count). The molecule has 5 aromatic carbocycles. The summed E-state index contributed by atoms with van der Waals surface area (Å²) < 4.78 is 38.9. The second-order valence-electron chi connectivity index (χ2n) is 11.3. The Labute approximate surface area is 258 Å². The van der Waals surface area contributed by atoms with Crippen LogP contribution < -0.4 is 0 Å². The first-order chi connectivity index (χ1) is 21.7. The molecule has 0 amide bonds. The van der Waals surface area contributed by atoms with E-state index in [2.05, 4.69) is 46.2 Å². The molecule has 6 heteroatoms. The molecule has 0 saturated carbocycles. The van der Waals surface area contributed by atoms with E-state index in [1.807, 2.05) is 55.5 Å². The number of rotatable bonds is 4. The number of H-pyrrole nitrogens is 1. The Bertz CT molecular complexity index is 2290. The number of benzene rings is 5. The van der Waals surface area contributed by atoms with Crippen molar-refractivity contribution in [2.24, 2.45) is 0 Å². The topological polar surface area (TPSA) is 43.9 Å². The molecule has 0 atom stereocenters. The molecular formula is C39H24F3N3. The van der Waals surface area contributed by atoms with Crippen molar-refractivity contribution >= 4 is 45.2 Å². The maximum Gasteiger partial charge on any atom is 0.416 e. The zero-order chi connectivity index (χ0) is 31.3. The molecular weight excluding hydrogens is 567 g/mol. The van der Waals surface area contributed by atoms with Crippen molar-refractivity contribution in [1.82, 2.24) is 4.98 Å². The molecule has 0 saturated heterocycles. The van der Waals surface area contributed by atoms with E-state index in [1.165, 1.54) is 34.4 Å². The van der Waals surface area contributed by atoms with E-state index >= 15 is 0 Å². The number of aromatic nitrogens is 1. The smallest absolute Gasteiger partial charge is 0.354 e. The Kier molecular flexibility index (Phi) is 6.65. The monoisotopic (exact) mass is 591 g/mol. The summed E-state index contributed by atoms with van der Waals surface area (Å²) in [5, 5.41) is 12.0. The van der Waals surface area contributed by atoms with Crippen LogP contribution in [0.3, 0.4) is 0 Å². The third-order valence-corrected chi connectivity index (χ3v) is 8.37. The zero-order valence-corrected chi connectivity index (χ0v) is 24.1. The number of alkyl halides is 3. The number of aryl methyl sites for hydroxylation is 1. The van der Waals surface area contributed by atoms with Crippen LogP contribution in [-0.4, -0.2) is 4.98 Å². The summed E-state index contributed by atoms with van der Waals surface area (Å²) in [6.45, 7) is 9.65. The largest absolute Gasteiger partial charge is 0.416 e. The van der Waals surface area contributed by atoms with E-state index in [0.717, 1.165) is 62.6 Å². The number of nitriles is 1. The van der Waals surface area contributed by atoms with Crippen molar-refractivity contribution in [3.8, 4) is 17.2 Å². The van der Waals surface area contributed by atoms with Gasteiger partial charge in [0.25, 0.3) is 0 Å². The molecule has 3 nitrogen and oxygen atoms in total. The highest BCUT2D eigenvalue weighted by Gasteiger charge is 2.30. The summed E-state index contributed by atoms with van der Waals surface area (Å²) >= 11 is 0. The van der Waals surface area contributed by atoms with Crippen LogP contribution in [0, 0.1) is 24.8 Å². The fourth-order valence-electron chi connectivity index (χ4n) is 6.07. The van der Waals surface area contributed by atoms with Crippen molar-refractivity contribution in [3.63, 3.8) is 0 Å². The highest BCUT2D eigenvalue weighted by molar-refractivity contribution is 6.10. The van der Waals surface area contributed by atoms with Gasteiger partial charge in [-0.05, 0) is 88.2 Å². The minimum Gasteiger partial charge on any atom is -0.354 e. The minimum absolute atomic E-state index is 0.268. The van der Waals surface area contributed by atoms with Gasteiger partial charge in [-0.1, -0.05) is 84.4 Å². The first-order valence-electron chi connectivity index (χ1n) is 14.4. The van der Waals surface area contributed by atoms with Crippen molar-refractivity contribution in [1.29, 1.82) is 5.26 Å². The highest BCUT2D eigenvalue weighted by Crippen LogP contribution is 2.41. The molecule has 0 radical (unpaired) electrons. The lowest BCUT2D eigenvalue weighted by Crippen LogP contribution is -2.04. The Morgan fingerprint density at radius 1 is 0.778 bits per heavy atom. The van der Waals surface area contributed by atoms with E-state index in [-0.39, 0.29) is 5.70 Å². The lowest BCUT2D eigenvalue weighted by molar-refractivity contribution is -0.137. The number of hydrogen-bond donors (Lipinski definition) is 1. The summed E-state index contributed by atoms with van der Waals surface area (Å²) in [6, 6.07) is 31.6. The van der Waals surface area contributed by atoms with E-state index in [4.69, 9.17) is 6.57 Å². The summed E-state index contributed by atoms with van der Waals surface area (Å²) in [6.07, 6.45) is 0.00548. The molecule has 1 aromatic heterocycles. The normalized spacial score (nSPS) is 13.0. The van der Waals surface area contributed by atoms with E-state index in [0.29, 0.717) is 11.1 Å². The second-order valence-corrected chi connectivity index (χ2v) is 11.3. The number of aromatic amines is 1. The van der Waals surface area contributed by atoms with Crippen LogP contribution in [0.4, 0.5) is 13.2 Å². The van der Waals surface area contributed by atoms with Crippen LogP contribution in [-0.2, 0) is 12.6 Å². The van der Waals surface area contributed by atoms with Crippen LogP contribution >= 0.6 is 0 Å². The van der Waals surface area contributed by atoms with Gasteiger partial charge in [-0.15, -0.1) is 0 Å². The first kappa shape index (κ1) is 28.0. The Morgan fingerprint density at radius 2 is 1.44 bits per heavy atom. The van der Waals surface area contributed by atoms with Crippen molar-refractivity contribution in [2.45, 2.75) is 19.5 Å². The minimum atomic E-state index is -4.42. The number of hydrogen-bond acceptors (Lipinski definition) is 1. The average Bonchev–Trinajstić information content (AvgIpc) is 3.57. The molecule has 216 valence electrons. The average molecular weight is 592 g/mol. The number of halogens is 3. The van der Waals surface area contributed by atoms with Gasteiger partial charge in [0.2, 0.25) is 0 Å². The molecule has 0 fully saturated rings. The van der Waals surface area contributed by atoms with Crippen LogP contribution in [0.5, 0.6) is 0 Å². The molecule has 1 aliphatic carbocycles. The lowest BCUT2D eigenvalue weighted by Gasteiger charge is -2.07. The van der Waals surface area contributed by atoms with Gasteiger partial charge in [-0.25, -0.2) is 4.85 Å². The second kappa shape index (κ2) is 10.7. The van der Waals surface area contributed by atoms with E-state index in [1.54, 1.807) is 6.08 Å². The third kappa shape index (κ3) is 5.18. The Balaban J connectivity index is 1.20. The summed E-state index contributed by atoms with van der Waals surface area (Å²) in [5.74, 6) is 0. The molecule has 0 aliphatic heterocycles. The molecule has 1 N–H and O–H groups in total. The van der Waals surface area contributed by atoms with Crippen molar-refractivity contribution in [2.75, 3.05) is 0 Å². The predicted octanol–water partition coefficient (Wildman–Crippen LogP) is 10.7. The number of allylic oxidation sites excluding steroid dienone is 1. The Hall–Kier alpha value is -5.85. The van der Waals surface area contributed by atoms with Crippen LogP contribution in [0.25, 0.3) is 61.2 Å². The third-order valence-electron chi connectivity index (χ3n) is 8.37. The molecule has 0 unspecified atom stereocenters. The molecule has 0 spiro atoms. The molecule has 1 aliphatic rings. The van der Waals surface area contributed by atoms with Gasteiger partial charge in [0.15, 0.2) is 5.70 Å². The van der Waals surface area contributed by atoms with Crippen LogP contribution in [0.2, 0.25) is 0 Å². The predicted molar refractivity (Wildman–Crippen MR) is 175 cm³/mol. The van der Waals surface area contributed by atoms with Crippen molar-refractivity contribution < 1.29 is 13.2 Å². The number of fused-ring (bicyclic) bond motifs is 6.